The molecule has 0 saturated heterocycles. The standard InChI is InChI=1S/C8H10FOP/c1-10-5-6-2-3-7(9)4-8(6)11/h2-4H,5,11H2,1H3. The van der Waals surface area contributed by atoms with Crippen molar-refractivity contribution in [1.82, 2.24) is 0 Å². The molecule has 1 unspecified atom stereocenters. The van der Waals surface area contributed by atoms with Gasteiger partial charge in [0.2, 0.25) is 0 Å². The third-order valence-corrected chi connectivity index (χ3v) is 1.95. The molecule has 1 atom stereocenters. The fraction of sp³-hybridized carbons (Fsp3) is 0.250. The smallest absolute Gasteiger partial charge is 0.123 e. The van der Waals surface area contributed by atoms with Crippen LogP contribution in [0.15, 0.2) is 18.2 Å². The molecule has 1 aromatic carbocycles. The molecule has 3 heteroatoms. The van der Waals surface area contributed by atoms with Crippen LogP contribution < -0.4 is 5.30 Å². The molecule has 60 valence electrons. The Balaban J connectivity index is 2.90. The molecular weight excluding hydrogens is 162 g/mol. The number of hydrogen-bond acceptors (Lipinski definition) is 1. The van der Waals surface area contributed by atoms with E-state index in [2.05, 4.69) is 9.24 Å². The van der Waals surface area contributed by atoms with Crippen molar-refractivity contribution in [2.75, 3.05) is 7.11 Å². The van der Waals surface area contributed by atoms with Gasteiger partial charge in [-0.3, -0.25) is 0 Å². The highest BCUT2D eigenvalue weighted by Crippen LogP contribution is 2.04. The summed E-state index contributed by atoms with van der Waals surface area (Å²) in [4.78, 5) is 0. The number of benzene rings is 1. The summed E-state index contributed by atoms with van der Waals surface area (Å²) in [6.45, 7) is 0.527. The maximum Gasteiger partial charge on any atom is 0.123 e. The molecule has 0 aliphatic heterocycles. The summed E-state index contributed by atoms with van der Waals surface area (Å²) < 4.78 is 17.4. The first-order chi connectivity index (χ1) is 5.24. The van der Waals surface area contributed by atoms with Gasteiger partial charge in [-0.15, -0.1) is 9.24 Å². The van der Waals surface area contributed by atoms with Crippen molar-refractivity contribution >= 4 is 14.5 Å². The highest BCUT2D eigenvalue weighted by Gasteiger charge is 1.98. The van der Waals surface area contributed by atoms with Gasteiger partial charge in [0.1, 0.15) is 5.82 Å². The lowest BCUT2D eigenvalue weighted by Crippen LogP contribution is -2.03. The highest BCUT2D eigenvalue weighted by molar-refractivity contribution is 7.27. The summed E-state index contributed by atoms with van der Waals surface area (Å²) in [7, 11) is 4.09. The minimum atomic E-state index is -0.213. The van der Waals surface area contributed by atoms with Gasteiger partial charge in [0, 0.05) is 7.11 Å². The molecule has 1 nitrogen and oxygen atoms in total. The number of hydrogen-bond donors (Lipinski definition) is 0. The van der Waals surface area contributed by atoms with Crippen molar-refractivity contribution in [2.24, 2.45) is 0 Å². The minimum absolute atomic E-state index is 0.213. The van der Waals surface area contributed by atoms with Crippen molar-refractivity contribution in [3.05, 3.63) is 29.6 Å². The molecular formula is C8H10FOP. The first kappa shape index (κ1) is 8.63. The molecule has 0 saturated carbocycles. The third kappa shape index (κ3) is 2.25. The van der Waals surface area contributed by atoms with Crippen LogP contribution in [-0.2, 0) is 11.3 Å². The Bertz CT molecular complexity index is 250. The van der Waals surface area contributed by atoms with E-state index < -0.39 is 0 Å². The van der Waals surface area contributed by atoms with E-state index in [0.29, 0.717) is 6.61 Å². The monoisotopic (exact) mass is 172 g/mol. The van der Waals surface area contributed by atoms with E-state index in [1.807, 2.05) is 0 Å². The van der Waals surface area contributed by atoms with Gasteiger partial charge in [-0.05, 0) is 23.0 Å². The molecule has 1 rings (SSSR count). The van der Waals surface area contributed by atoms with Crippen molar-refractivity contribution in [3.63, 3.8) is 0 Å². The molecule has 0 aromatic heterocycles. The molecule has 0 aliphatic rings. The van der Waals surface area contributed by atoms with E-state index in [9.17, 15) is 4.39 Å². The van der Waals surface area contributed by atoms with Crippen LogP contribution in [0, 0.1) is 5.82 Å². The summed E-state index contributed by atoms with van der Waals surface area (Å²) in [6.07, 6.45) is 0. The Labute approximate surface area is 67.8 Å². The van der Waals surface area contributed by atoms with E-state index >= 15 is 0 Å². The fourth-order valence-corrected chi connectivity index (χ4v) is 1.19. The van der Waals surface area contributed by atoms with Crippen molar-refractivity contribution < 1.29 is 9.13 Å². The zero-order valence-corrected chi connectivity index (χ0v) is 7.46. The van der Waals surface area contributed by atoms with E-state index in [4.69, 9.17) is 4.74 Å². The fourth-order valence-electron chi connectivity index (χ4n) is 0.853. The molecule has 0 bridgehead atoms. The number of ether oxygens (including phenoxy) is 1. The van der Waals surface area contributed by atoms with E-state index in [0.717, 1.165) is 10.9 Å². The van der Waals surface area contributed by atoms with Gasteiger partial charge in [-0.25, -0.2) is 4.39 Å². The normalized spacial score (nSPS) is 10.1. The highest BCUT2D eigenvalue weighted by atomic mass is 31.0. The maximum absolute atomic E-state index is 12.5. The summed E-state index contributed by atoms with van der Waals surface area (Å²) in [5.41, 5.74) is 0.999. The molecule has 0 heterocycles. The van der Waals surface area contributed by atoms with Gasteiger partial charge in [-0.2, -0.15) is 0 Å². The Morgan fingerprint density at radius 1 is 1.55 bits per heavy atom. The SMILES string of the molecule is COCc1ccc(F)cc1P. The first-order valence-corrected chi connectivity index (χ1v) is 3.84. The Morgan fingerprint density at radius 2 is 2.27 bits per heavy atom. The quantitative estimate of drug-likeness (QED) is 0.614. The Morgan fingerprint density at radius 3 is 2.82 bits per heavy atom. The molecule has 0 N–H and O–H groups in total. The average molecular weight is 172 g/mol. The zero-order chi connectivity index (χ0) is 8.27. The third-order valence-electron chi connectivity index (χ3n) is 1.41. The van der Waals surface area contributed by atoms with Crippen molar-refractivity contribution in [1.29, 1.82) is 0 Å². The van der Waals surface area contributed by atoms with Crippen LogP contribution in [0.2, 0.25) is 0 Å². The van der Waals surface area contributed by atoms with Crippen LogP contribution >= 0.6 is 9.24 Å². The van der Waals surface area contributed by atoms with Crippen molar-refractivity contribution in [2.45, 2.75) is 6.61 Å². The zero-order valence-electron chi connectivity index (χ0n) is 6.30. The van der Waals surface area contributed by atoms with Gasteiger partial charge in [0.15, 0.2) is 0 Å². The van der Waals surface area contributed by atoms with Crippen molar-refractivity contribution in [3.8, 4) is 0 Å². The number of methoxy groups -OCH3 is 1. The van der Waals surface area contributed by atoms with Gasteiger partial charge in [0.05, 0.1) is 6.61 Å². The van der Waals surface area contributed by atoms with E-state index in [1.54, 1.807) is 13.2 Å². The molecule has 0 spiro atoms. The summed E-state index contributed by atoms with van der Waals surface area (Å²) >= 11 is 0. The first-order valence-electron chi connectivity index (χ1n) is 3.27. The maximum atomic E-state index is 12.5. The summed E-state index contributed by atoms with van der Waals surface area (Å²) in [6, 6.07) is 4.63. The predicted molar refractivity (Wildman–Crippen MR) is 46.5 cm³/mol. The van der Waals surface area contributed by atoms with Gasteiger partial charge in [-0.1, -0.05) is 6.07 Å². The molecule has 0 amide bonds. The van der Waals surface area contributed by atoms with Gasteiger partial charge in [0.25, 0.3) is 0 Å². The van der Waals surface area contributed by atoms with Crippen LogP contribution in [0.3, 0.4) is 0 Å². The predicted octanol–water partition coefficient (Wildman–Crippen LogP) is 1.47. The summed E-state index contributed by atoms with van der Waals surface area (Å²) in [5.74, 6) is -0.213. The van der Waals surface area contributed by atoms with E-state index in [-0.39, 0.29) is 5.82 Å². The second kappa shape index (κ2) is 3.80. The molecule has 1 aromatic rings. The largest absolute Gasteiger partial charge is 0.380 e. The van der Waals surface area contributed by atoms with Gasteiger partial charge < -0.3 is 4.74 Å². The molecule has 0 radical (unpaired) electrons. The lowest BCUT2D eigenvalue weighted by molar-refractivity contribution is 0.185. The molecule has 0 fully saturated rings. The lowest BCUT2D eigenvalue weighted by atomic mass is 10.2. The molecule has 11 heavy (non-hydrogen) atoms. The van der Waals surface area contributed by atoms with Gasteiger partial charge >= 0.3 is 0 Å². The van der Waals surface area contributed by atoms with Crippen LogP contribution in [0.4, 0.5) is 4.39 Å². The van der Waals surface area contributed by atoms with Crippen LogP contribution in [-0.4, -0.2) is 7.11 Å². The second-order valence-electron chi connectivity index (χ2n) is 2.28. The molecule has 0 aliphatic carbocycles. The van der Waals surface area contributed by atoms with Crippen LogP contribution in [0.1, 0.15) is 5.56 Å². The average Bonchev–Trinajstić information content (AvgIpc) is 1.95. The topological polar surface area (TPSA) is 9.23 Å². The second-order valence-corrected chi connectivity index (χ2v) is 2.90. The summed E-state index contributed by atoms with van der Waals surface area (Å²) in [5, 5.41) is 0.854. The Kier molecular flexibility index (Phi) is 2.98. The number of rotatable bonds is 2. The lowest BCUT2D eigenvalue weighted by Gasteiger charge is -2.02. The minimum Gasteiger partial charge on any atom is -0.380 e. The number of halogens is 1. The van der Waals surface area contributed by atoms with Crippen LogP contribution in [0.5, 0.6) is 0 Å². The Hall–Kier alpha value is -0.460. The van der Waals surface area contributed by atoms with Crippen LogP contribution in [0.25, 0.3) is 0 Å². The van der Waals surface area contributed by atoms with E-state index in [1.165, 1.54) is 12.1 Å².